The Morgan fingerprint density at radius 1 is 1.14 bits per heavy atom. The van der Waals surface area contributed by atoms with Gasteiger partial charge in [0.2, 0.25) is 0 Å². The lowest BCUT2D eigenvalue weighted by atomic mass is 9.92. The average Bonchev–Trinajstić information content (AvgIpc) is 2.49. The van der Waals surface area contributed by atoms with Crippen LogP contribution in [0.1, 0.15) is 36.5 Å². The Balaban J connectivity index is 1.71. The number of ether oxygens (including phenoxy) is 1. The fourth-order valence-electron chi connectivity index (χ4n) is 2.75. The van der Waals surface area contributed by atoms with Gasteiger partial charge in [-0.15, -0.1) is 0 Å². The van der Waals surface area contributed by atoms with E-state index in [1.807, 2.05) is 13.0 Å². The zero-order chi connectivity index (χ0) is 14.7. The summed E-state index contributed by atoms with van der Waals surface area (Å²) in [6.07, 6.45) is 9.21. The van der Waals surface area contributed by atoms with Crippen molar-refractivity contribution >= 4 is 0 Å². The molecule has 0 saturated carbocycles. The first-order valence-corrected chi connectivity index (χ1v) is 7.57. The summed E-state index contributed by atoms with van der Waals surface area (Å²) in [6.45, 7) is 1.97. The quantitative estimate of drug-likeness (QED) is 0.937. The van der Waals surface area contributed by atoms with E-state index in [0.29, 0.717) is 6.01 Å². The number of aryl methyl sites for hydroxylation is 2. The zero-order valence-corrected chi connectivity index (χ0v) is 12.4. The van der Waals surface area contributed by atoms with Gasteiger partial charge in [-0.3, -0.25) is 0 Å². The van der Waals surface area contributed by atoms with Crippen molar-refractivity contribution in [1.82, 2.24) is 9.97 Å². The van der Waals surface area contributed by atoms with Gasteiger partial charge in [0.15, 0.2) is 0 Å². The van der Waals surface area contributed by atoms with Gasteiger partial charge in [0, 0.05) is 18.4 Å². The van der Waals surface area contributed by atoms with Crippen LogP contribution in [-0.2, 0) is 19.3 Å². The van der Waals surface area contributed by atoms with Crippen LogP contribution in [0.25, 0.3) is 0 Å². The third-order valence-corrected chi connectivity index (χ3v) is 3.77. The Labute approximate surface area is 125 Å². The van der Waals surface area contributed by atoms with Crippen molar-refractivity contribution in [3.8, 4) is 11.8 Å². The molecule has 0 amide bonds. The largest absolute Gasteiger partial charge is 0.424 e. The summed E-state index contributed by atoms with van der Waals surface area (Å²) in [5.41, 5.74) is 9.64. The van der Waals surface area contributed by atoms with Crippen molar-refractivity contribution in [2.45, 2.75) is 45.1 Å². The van der Waals surface area contributed by atoms with E-state index in [0.717, 1.165) is 24.2 Å². The number of rotatable bonds is 4. The SMILES string of the molecule is CC(N)Cc1cnc(Oc2ccc3c(c2)CCCC3)nc1. The molecule has 4 nitrogen and oxygen atoms in total. The maximum absolute atomic E-state index is 5.76. The molecule has 0 fully saturated rings. The zero-order valence-electron chi connectivity index (χ0n) is 12.4. The average molecular weight is 283 g/mol. The number of aromatic nitrogens is 2. The second-order valence-corrected chi connectivity index (χ2v) is 5.79. The number of benzene rings is 1. The monoisotopic (exact) mass is 283 g/mol. The number of hydrogen-bond donors (Lipinski definition) is 1. The van der Waals surface area contributed by atoms with Crippen LogP contribution in [0, 0.1) is 0 Å². The smallest absolute Gasteiger partial charge is 0.321 e. The fourth-order valence-corrected chi connectivity index (χ4v) is 2.75. The van der Waals surface area contributed by atoms with Gasteiger partial charge in [-0.25, -0.2) is 9.97 Å². The van der Waals surface area contributed by atoms with Crippen molar-refractivity contribution in [2.24, 2.45) is 5.73 Å². The predicted octanol–water partition coefficient (Wildman–Crippen LogP) is 3.04. The second kappa shape index (κ2) is 6.22. The van der Waals surface area contributed by atoms with Crippen LogP contribution in [0.2, 0.25) is 0 Å². The summed E-state index contributed by atoms with van der Waals surface area (Å²) in [5, 5.41) is 0. The molecular formula is C17H21N3O. The minimum absolute atomic E-state index is 0.112. The van der Waals surface area contributed by atoms with Crippen LogP contribution in [0.4, 0.5) is 0 Å². The first kappa shape index (κ1) is 14.0. The van der Waals surface area contributed by atoms with Gasteiger partial charge in [0.05, 0.1) is 0 Å². The molecule has 2 N–H and O–H groups in total. The van der Waals surface area contributed by atoms with Crippen LogP contribution in [0.5, 0.6) is 11.8 Å². The van der Waals surface area contributed by atoms with E-state index in [9.17, 15) is 0 Å². The van der Waals surface area contributed by atoms with E-state index >= 15 is 0 Å². The maximum atomic E-state index is 5.76. The maximum Gasteiger partial charge on any atom is 0.321 e. The Bertz CT molecular complexity index is 608. The highest BCUT2D eigenvalue weighted by Crippen LogP contribution is 2.27. The molecule has 0 spiro atoms. The van der Waals surface area contributed by atoms with E-state index in [-0.39, 0.29) is 6.04 Å². The Kier molecular flexibility index (Phi) is 4.15. The number of hydrogen-bond acceptors (Lipinski definition) is 4. The normalized spacial score (nSPS) is 15.3. The van der Waals surface area contributed by atoms with E-state index in [2.05, 4.69) is 22.1 Å². The third kappa shape index (κ3) is 3.58. The van der Waals surface area contributed by atoms with Crippen LogP contribution >= 0.6 is 0 Å². The molecule has 1 heterocycles. The van der Waals surface area contributed by atoms with Crippen molar-refractivity contribution in [2.75, 3.05) is 0 Å². The van der Waals surface area contributed by atoms with Gasteiger partial charge in [0.25, 0.3) is 0 Å². The Morgan fingerprint density at radius 2 is 1.86 bits per heavy atom. The fraction of sp³-hybridized carbons (Fsp3) is 0.412. The molecule has 1 unspecified atom stereocenters. The summed E-state index contributed by atoms with van der Waals surface area (Å²) in [4.78, 5) is 8.50. The minimum atomic E-state index is 0.112. The molecule has 1 atom stereocenters. The molecule has 1 aliphatic carbocycles. The van der Waals surface area contributed by atoms with Crippen molar-refractivity contribution in [3.63, 3.8) is 0 Å². The molecule has 1 aliphatic rings. The molecule has 1 aromatic carbocycles. The first-order chi connectivity index (χ1) is 10.2. The van der Waals surface area contributed by atoms with Gasteiger partial charge < -0.3 is 10.5 Å². The van der Waals surface area contributed by atoms with E-state index in [1.54, 1.807) is 12.4 Å². The molecule has 110 valence electrons. The van der Waals surface area contributed by atoms with E-state index < -0.39 is 0 Å². The number of nitrogens with zero attached hydrogens (tertiary/aromatic N) is 2. The molecular weight excluding hydrogens is 262 g/mol. The Morgan fingerprint density at radius 3 is 2.57 bits per heavy atom. The highest BCUT2D eigenvalue weighted by Gasteiger charge is 2.11. The second-order valence-electron chi connectivity index (χ2n) is 5.79. The first-order valence-electron chi connectivity index (χ1n) is 7.57. The van der Waals surface area contributed by atoms with Crippen molar-refractivity contribution in [1.29, 1.82) is 0 Å². The minimum Gasteiger partial charge on any atom is -0.424 e. The van der Waals surface area contributed by atoms with Gasteiger partial charge >= 0.3 is 6.01 Å². The summed E-state index contributed by atoms with van der Waals surface area (Å²) < 4.78 is 5.75. The molecule has 4 heteroatoms. The molecule has 21 heavy (non-hydrogen) atoms. The molecule has 0 radical (unpaired) electrons. The van der Waals surface area contributed by atoms with Crippen LogP contribution in [0.3, 0.4) is 0 Å². The standard InChI is InChI=1S/C17H21N3O/c1-12(18)8-13-10-19-17(20-11-13)21-16-7-6-14-4-2-3-5-15(14)9-16/h6-7,9-12H,2-5,8,18H2,1H3. The van der Waals surface area contributed by atoms with E-state index in [1.165, 1.54) is 30.4 Å². The number of nitrogens with two attached hydrogens (primary N) is 1. The summed E-state index contributed by atoms with van der Waals surface area (Å²) in [7, 11) is 0. The summed E-state index contributed by atoms with van der Waals surface area (Å²) in [6, 6.07) is 6.78. The molecule has 3 rings (SSSR count). The van der Waals surface area contributed by atoms with Crippen LogP contribution in [0.15, 0.2) is 30.6 Å². The summed E-state index contributed by atoms with van der Waals surface area (Å²) in [5.74, 6) is 0.815. The van der Waals surface area contributed by atoms with Gasteiger partial charge in [-0.05, 0) is 67.9 Å². The van der Waals surface area contributed by atoms with Gasteiger partial charge in [0.1, 0.15) is 5.75 Å². The molecule has 0 bridgehead atoms. The topological polar surface area (TPSA) is 61.0 Å². The highest BCUT2D eigenvalue weighted by atomic mass is 16.5. The molecule has 0 saturated heterocycles. The lowest BCUT2D eigenvalue weighted by Crippen LogP contribution is -2.17. The van der Waals surface area contributed by atoms with Crippen molar-refractivity contribution in [3.05, 3.63) is 47.3 Å². The number of fused-ring (bicyclic) bond motifs is 1. The van der Waals surface area contributed by atoms with E-state index in [4.69, 9.17) is 10.5 Å². The van der Waals surface area contributed by atoms with Crippen molar-refractivity contribution < 1.29 is 4.74 Å². The lowest BCUT2D eigenvalue weighted by Gasteiger charge is -2.16. The molecule has 2 aromatic rings. The van der Waals surface area contributed by atoms with Crippen LogP contribution in [-0.4, -0.2) is 16.0 Å². The van der Waals surface area contributed by atoms with Gasteiger partial charge in [-0.2, -0.15) is 0 Å². The predicted molar refractivity (Wildman–Crippen MR) is 82.5 cm³/mol. The van der Waals surface area contributed by atoms with Crippen LogP contribution < -0.4 is 10.5 Å². The highest BCUT2D eigenvalue weighted by molar-refractivity contribution is 5.38. The molecule has 1 aromatic heterocycles. The van der Waals surface area contributed by atoms with Gasteiger partial charge in [-0.1, -0.05) is 6.07 Å². The summed E-state index contributed by atoms with van der Waals surface area (Å²) >= 11 is 0. The third-order valence-electron chi connectivity index (χ3n) is 3.77. The molecule has 0 aliphatic heterocycles. The lowest BCUT2D eigenvalue weighted by molar-refractivity contribution is 0.439. The Hall–Kier alpha value is -1.94.